The molecule has 1 atom stereocenters. The summed E-state index contributed by atoms with van der Waals surface area (Å²) in [7, 11) is 0. The van der Waals surface area contributed by atoms with Gasteiger partial charge in [0.1, 0.15) is 5.75 Å². The van der Waals surface area contributed by atoms with Gasteiger partial charge in [-0.05, 0) is 57.4 Å². The number of benzene rings is 2. The first-order valence-corrected chi connectivity index (χ1v) is 12.9. The standard InChI is InChI=1S/C26H30Cl2N4O3/c1-16(2)35-20-5-3-4-19(12-20)32-24-14-22(28)21(27)13-23(24)30-26(32)31-9-6-17(7-10-31)25(33)29-18-8-11-34-15-18/h3-5,12-14,16-18H,6-11,15H2,1-2H3,(H,29,33). The molecule has 2 aliphatic rings. The van der Waals surface area contributed by atoms with E-state index < -0.39 is 0 Å². The largest absolute Gasteiger partial charge is 0.491 e. The van der Waals surface area contributed by atoms with Crippen LogP contribution in [-0.2, 0) is 9.53 Å². The monoisotopic (exact) mass is 516 g/mol. The lowest BCUT2D eigenvalue weighted by atomic mass is 9.95. The highest BCUT2D eigenvalue weighted by atomic mass is 35.5. The van der Waals surface area contributed by atoms with E-state index in [0.29, 0.717) is 16.7 Å². The Kier molecular flexibility index (Phi) is 7.09. The van der Waals surface area contributed by atoms with Crippen molar-refractivity contribution in [2.75, 3.05) is 31.2 Å². The van der Waals surface area contributed by atoms with Crippen molar-refractivity contribution in [3.63, 3.8) is 0 Å². The van der Waals surface area contributed by atoms with E-state index in [4.69, 9.17) is 37.7 Å². The van der Waals surface area contributed by atoms with Crippen molar-refractivity contribution < 1.29 is 14.3 Å². The molecule has 0 radical (unpaired) electrons. The predicted octanol–water partition coefficient (Wildman–Crippen LogP) is 5.24. The fourth-order valence-corrected chi connectivity index (χ4v) is 5.12. The summed E-state index contributed by atoms with van der Waals surface area (Å²) < 4.78 is 13.4. The maximum Gasteiger partial charge on any atom is 0.223 e. The summed E-state index contributed by atoms with van der Waals surface area (Å²) in [5.74, 6) is 1.72. The second kappa shape index (κ2) is 10.2. The second-order valence-corrected chi connectivity index (χ2v) is 10.3. The molecule has 1 amide bonds. The van der Waals surface area contributed by atoms with Crippen LogP contribution in [0.15, 0.2) is 36.4 Å². The molecule has 7 nitrogen and oxygen atoms in total. The summed E-state index contributed by atoms with van der Waals surface area (Å²) in [5.41, 5.74) is 2.57. The highest BCUT2D eigenvalue weighted by Crippen LogP contribution is 2.35. The van der Waals surface area contributed by atoms with Gasteiger partial charge in [0.15, 0.2) is 0 Å². The number of fused-ring (bicyclic) bond motifs is 1. The van der Waals surface area contributed by atoms with Crippen LogP contribution in [0.25, 0.3) is 16.7 Å². The molecule has 3 heterocycles. The highest BCUT2D eigenvalue weighted by molar-refractivity contribution is 6.42. The number of hydrogen-bond acceptors (Lipinski definition) is 5. The van der Waals surface area contributed by atoms with Crippen molar-refractivity contribution in [2.24, 2.45) is 5.92 Å². The van der Waals surface area contributed by atoms with Crippen LogP contribution in [-0.4, -0.2) is 53.9 Å². The molecule has 1 aromatic heterocycles. The topological polar surface area (TPSA) is 68.6 Å². The van der Waals surface area contributed by atoms with E-state index in [1.807, 2.05) is 44.2 Å². The molecule has 0 spiro atoms. The van der Waals surface area contributed by atoms with Gasteiger partial charge in [0.25, 0.3) is 0 Å². The normalized spacial score (nSPS) is 19.0. The fraction of sp³-hybridized carbons (Fsp3) is 0.462. The summed E-state index contributed by atoms with van der Waals surface area (Å²) in [6, 6.07) is 11.8. The third-order valence-electron chi connectivity index (χ3n) is 6.55. The number of imidazole rings is 1. The van der Waals surface area contributed by atoms with Gasteiger partial charge < -0.3 is 19.7 Å². The van der Waals surface area contributed by atoms with Crippen LogP contribution in [0.3, 0.4) is 0 Å². The van der Waals surface area contributed by atoms with Crippen LogP contribution >= 0.6 is 23.2 Å². The van der Waals surface area contributed by atoms with E-state index in [2.05, 4.69) is 14.8 Å². The Balaban J connectivity index is 1.44. The third-order valence-corrected chi connectivity index (χ3v) is 7.27. The van der Waals surface area contributed by atoms with E-state index in [-0.39, 0.29) is 24.0 Å². The smallest absolute Gasteiger partial charge is 0.223 e. The molecule has 1 N–H and O–H groups in total. The van der Waals surface area contributed by atoms with E-state index in [1.165, 1.54) is 0 Å². The number of ether oxygens (including phenoxy) is 2. The summed E-state index contributed by atoms with van der Waals surface area (Å²) in [6.07, 6.45) is 2.49. The second-order valence-electron chi connectivity index (χ2n) is 9.50. The van der Waals surface area contributed by atoms with Crippen LogP contribution in [0.5, 0.6) is 5.75 Å². The van der Waals surface area contributed by atoms with Crippen LogP contribution in [0.1, 0.15) is 33.1 Å². The summed E-state index contributed by atoms with van der Waals surface area (Å²) in [6.45, 7) is 6.80. The minimum atomic E-state index is -0.00339. The molecular formula is C26H30Cl2N4O3. The van der Waals surface area contributed by atoms with Crippen LogP contribution < -0.4 is 15.0 Å². The molecule has 2 fully saturated rings. The zero-order valence-corrected chi connectivity index (χ0v) is 21.5. The first-order valence-electron chi connectivity index (χ1n) is 12.2. The number of nitrogens with one attached hydrogen (secondary N) is 1. The maximum absolute atomic E-state index is 12.8. The number of carbonyl (C=O) groups excluding carboxylic acids is 1. The molecule has 0 saturated carbocycles. The highest BCUT2D eigenvalue weighted by Gasteiger charge is 2.30. The Bertz CT molecular complexity index is 1210. The van der Waals surface area contributed by atoms with Crippen molar-refractivity contribution in [3.05, 3.63) is 46.4 Å². The number of amides is 1. The van der Waals surface area contributed by atoms with Crippen molar-refractivity contribution >= 4 is 46.1 Å². The van der Waals surface area contributed by atoms with Gasteiger partial charge >= 0.3 is 0 Å². The lowest BCUT2D eigenvalue weighted by Gasteiger charge is -2.33. The average molecular weight is 517 g/mol. The van der Waals surface area contributed by atoms with Gasteiger partial charge in [0.2, 0.25) is 11.9 Å². The lowest BCUT2D eigenvalue weighted by Crippen LogP contribution is -2.44. The van der Waals surface area contributed by atoms with Crippen molar-refractivity contribution in [2.45, 2.75) is 45.3 Å². The van der Waals surface area contributed by atoms with E-state index >= 15 is 0 Å². The summed E-state index contributed by atoms with van der Waals surface area (Å²) in [4.78, 5) is 20.0. The van der Waals surface area contributed by atoms with Crippen molar-refractivity contribution in [3.8, 4) is 11.4 Å². The van der Waals surface area contributed by atoms with Crippen LogP contribution in [0.4, 0.5) is 5.95 Å². The van der Waals surface area contributed by atoms with E-state index in [1.54, 1.807) is 6.07 Å². The van der Waals surface area contributed by atoms with Gasteiger partial charge in [0, 0.05) is 31.7 Å². The van der Waals surface area contributed by atoms with Gasteiger partial charge in [-0.1, -0.05) is 29.3 Å². The summed E-state index contributed by atoms with van der Waals surface area (Å²) >= 11 is 12.7. The first-order chi connectivity index (χ1) is 16.9. The minimum absolute atomic E-state index is 0.00339. The number of hydrogen-bond donors (Lipinski definition) is 1. The van der Waals surface area contributed by atoms with Crippen molar-refractivity contribution in [1.82, 2.24) is 14.9 Å². The SMILES string of the molecule is CC(C)Oc1cccc(-n2c(N3CCC(C(=O)NC4CCOC4)CC3)nc3cc(Cl)c(Cl)cc32)c1. The van der Waals surface area contributed by atoms with E-state index in [9.17, 15) is 4.79 Å². The molecule has 0 aliphatic carbocycles. The van der Waals surface area contributed by atoms with Crippen molar-refractivity contribution in [1.29, 1.82) is 0 Å². The quantitative estimate of drug-likeness (QED) is 0.485. The number of anilines is 1. The van der Waals surface area contributed by atoms with Gasteiger partial charge in [-0.3, -0.25) is 9.36 Å². The van der Waals surface area contributed by atoms with Gasteiger partial charge in [-0.2, -0.15) is 0 Å². The zero-order chi connectivity index (χ0) is 24.5. The molecule has 9 heteroatoms. The number of piperidine rings is 1. The number of nitrogens with zero attached hydrogens (tertiary/aromatic N) is 3. The molecular weight excluding hydrogens is 487 g/mol. The Labute approximate surface area is 215 Å². The molecule has 2 saturated heterocycles. The van der Waals surface area contributed by atoms with Crippen LogP contribution in [0, 0.1) is 5.92 Å². The Morgan fingerprint density at radius 1 is 1.14 bits per heavy atom. The van der Waals surface area contributed by atoms with Gasteiger partial charge in [-0.25, -0.2) is 4.98 Å². The van der Waals surface area contributed by atoms with Gasteiger partial charge in [0.05, 0.1) is 45.5 Å². The minimum Gasteiger partial charge on any atom is -0.491 e. The predicted molar refractivity (Wildman–Crippen MR) is 139 cm³/mol. The maximum atomic E-state index is 12.8. The zero-order valence-electron chi connectivity index (χ0n) is 20.0. The number of carbonyl (C=O) groups is 1. The number of rotatable bonds is 6. The molecule has 2 aliphatic heterocycles. The Morgan fingerprint density at radius 2 is 1.91 bits per heavy atom. The molecule has 3 aromatic rings. The van der Waals surface area contributed by atoms with Crippen LogP contribution in [0.2, 0.25) is 10.0 Å². The molecule has 5 rings (SSSR count). The molecule has 35 heavy (non-hydrogen) atoms. The number of halogens is 2. The Hall–Kier alpha value is -2.48. The summed E-state index contributed by atoms with van der Waals surface area (Å²) in [5, 5.41) is 4.10. The Morgan fingerprint density at radius 3 is 2.63 bits per heavy atom. The lowest BCUT2D eigenvalue weighted by molar-refractivity contribution is -0.126. The first kappa shape index (κ1) is 24.2. The third kappa shape index (κ3) is 5.22. The fourth-order valence-electron chi connectivity index (χ4n) is 4.80. The molecule has 1 unspecified atom stereocenters. The average Bonchev–Trinajstić information content (AvgIpc) is 3.47. The number of aromatic nitrogens is 2. The van der Waals surface area contributed by atoms with Gasteiger partial charge in [-0.15, -0.1) is 0 Å². The van der Waals surface area contributed by atoms with E-state index in [0.717, 1.165) is 67.4 Å². The molecule has 2 aromatic carbocycles. The molecule has 0 bridgehead atoms. The molecule has 186 valence electrons.